The lowest BCUT2D eigenvalue weighted by Crippen LogP contribution is -2.35. The number of ether oxygens (including phenoxy) is 1. The fraction of sp³-hybridized carbons (Fsp3) is 0.143. The molecule has 0 spiro atoms. The molecule has 0 unspecified atom stereocenters. The molecule has 2 amide bonds. The van der Waals surface area contributed by atoms with Crippen molar-refractivity contribution in [3.8, 4) is 17.1 Å². The maximum Gasteiger partial charge on any atom is 0.257 e. The van der Waals surface area contributed by atoms with Crippen molar-refractivity contribution in [1.82, 2.24) is 4.90 Å². The molecular formula is C28H22Cl2N2O4. The van der Waals surface area contributed by atoms with E-state index in [0.717, 1.165) is 22.6 Å². The van der Waals surface area contributed by atoms with Gasteiger partial charge in [-0.15, -0.1) is 0 Å². The average molecular weight is 521 g/mol. The number of rotatable bonds is 5. The average Bonchev–Trinajstić information content (AvgIpc) is 3.32. The third kappa shape index (κ3) is 4.96. The number of anilines is 1. The van der Waals surface area contributed by atoms with Crippen molar-refractivity contribution in [2.45, 2.75) is 13.0 Å². The van der Waals surface area contributed by atoms with E-state index in [2.05, 4.69) is 5.32 Å². The standard InChI is InChI=1S/C28H22Cl2N2O4/c1-35-22-9-4-18(5-10-22)28(34)32-13-12-25-19(16-32)14-26(36-25)17-2-7-21(8-3-17)31-27(33)23-11-6-20(29)15-24(23)30/h2-11,14-15H,12-13,16H2,1H3,(H,31,33). The molecule has 1 aliphatic rings. The van der Waals surface area contributed by atoms with Crippen LogP contribution in [0.25, 0.3) is 11.3 Å². The number of benzene rings is 3. The van der Waals surface area contributed by atoms with Gasteiger partial charge in [-0.1, -0.05) is 23.2 Å². The van der Waals surface area contributed by atoms with Crippen LogP contribution in [0.15, 0.2) is 77.2 Å². The Labute approximate surface area is 218 Å². The predicted octanol–water partition coefficient (Wildman–Crippen LogP) is 6.71. The van der Waals surface area contributed by atoms with Gasteiger partial charge in [-0.25, -0.2) is 0 Å². The lowest BCUT2D eigenvalue weighted by Gasteiger charge is -2.26. The van der Waals surface area contributed by atoms with Gasteiger partial charge in [0.15, 0.2) is 0 Å². The number of hydrogen-bond acceptors (Lipinski definition) is 4. The predicted molar refractivity (Wildman–Crippen MR) is 140 cm³/mol. The maximum atomic E-state index is 13.0. The first-order chi connectivity index (χ1) is 17.4. The number of nitrogens with zero attached hydrogens (tertiary/aromatic N) is 1. The molecule has 2 heterocycles. The number of amides is 2. The summed E-state index contributed by atoms with van der Waals surface area (Å²) < 4.78 is 11.3. The van der Waals surface area contributed by atoms with Gasteiger partial charge in [-0.3, -0.25) is 9.59 Å². The van der Waals surface area contributed by atoms with E-state index in [0.29, 0.717) is 47.1 Å². The maximum absolute atomic E-state index is 13.0. The highest BCUT2D eigenvalue weighted by atomic mass is 35.5. The van der Waals surface area contributed by atoms with E-state index >= 15 is 0 Å². The molecule has 6 nitrogen and oxygen atoms in total. The van der Waals surface area contributed by atoms with Crippen LogP contribution in [-0.4, -0.2) is 30.4 Å². The van der Waals surface area contributed by atoms with Gasteiger partial charge in [0.2, 0.25) is 0 Å². The second-order valence-electron chi connectivity index (χ2n) is 8.42. The van der Waals surface area contributed by atoms with Gasteiger partial charge in [0.25, 0.3) is 11.8 Å². The lowest BCUT2D eigenvalue weighted by atomic mass is 10.1. The molecule has 1 N–H and O–H groups in total. The van der Waals surface area contributed by atoms with Crippen LogP contribution < -0.4 is 10.1 Å². The number of furan rings is 1. The van der Waals surface area contributed by atoms with Crippen LogP contribution in [0.4, 0.5) is 5.69 Å². The molecule has 5 rings (SSSR count). The highest BCUT2D eigenvalue weighted by molar-refractivity contribution is 6.37. The summed E-state index contributed by atoms with van der Waals surface area (Å²) in [6.45, 7) is 1.07. The van der Waals surface area contributed by atoms with E-state index < -0.39 is 0 Å². The summed E-state index contributed by atoms with van der Waals surface area (Å²) in [5.74, 6) is 1.98. The van der Waals surface area contributed by atoms with E-state index in [-0.39, 0.29) is 16.8 Å². The minimum Gasteiger partial charge on any atom is -0.497 e. The molecular weight excluding hydrogens is 499 g/mol. The second kappa shape index (κ2) is 10.1. The zero-order valence-corrected chi connectivity index (χ0v) is 20.9. The van der Waals surface area contributed by atoms with Gasteiger partial charge >= 0.3 is 0 Å². The van der Waals surface area contributed by atoms with Crippen molar-refractivity contribution in [2.75, 3.05) is 19.0 Å². The summed E-state index contributed by atoms with van der Waals surface area (Å²) in [7, 11) is 1.60. The van der Waals surface area contributed by atoms with Crippen molar-refractivity contribution in [2.24, 2.45) is 0 Å². The number of methoxy groups -OCH3 is 1. The molecule has 0 saturated heterocycles. The molecule has 8 heteroatoms. The number of fused-ring (bicyclic) bond motifs is 1. The Bertz CT molecular complexity index is 1430. The molecule has 3 aromatic carbocycles. The first-order valence-corrected chi connectivity index (χ1v) is 12.1. The smallest absolute Gasteiger partial charge is 0.257 e. The number of nitrogens with one attached hydrogen (secondary N) is 1. The molecule has 182 valence electrons. The Balaban J connectivity index is 1.27. The quantitative estimate of drug-likeness (QED) is 0.317. The summed E-state index contributed by atoms with van der Waals surface area (Å²) in [6, 6.07) is 21.2. The number of carbonyl (C=O) groups excluding carboxylic acids is 2. The zero-order valence-electron chi connectivity index (χ0n) is 19.4. The molecule has 0 atom stereocenters. The van der Waals surface area contributed by atoms with Crippen LogP contribution in [0.3, 0.4) is 0 Å². The molecule has 0 fully saturated rings. The minimum atomic E-state index is -0.320. The summed E-state index contributed by atoms with van der Waals surface area (Å²) >= 11 is 12.0. The van der Waals surface area contributed by atoms with Crippen LogP contribution in [0.5, 0.6) is 5.75 Å². The fourth-order valence-electron chi connectivity index (χ4n) is 4.15. The molecule has 0 saturated carbocycles. The number of carbonyl (C=O) groups is 2. The van der Waals surface area contributed by atoms with Crippen molar-refractivity contribution >= 4 is 40.7 Å². The van der Waals surface area contributed by atoms with E-state index in [9.17, 15) is 9.59 Å². The molecule has 0 radical (unpaired) electrons. The summed E-state index contributed by atoms with van der Waals surface area (Å²) in [4.78, 5) is 27.3. The first kappa shape index (κ1) is 24.0. The Hall–Kier alpha value is -3.74. The lowest BCUT2D eigenvalue weighted by molar-refractivity contribution is 0.0730. The van der Waals surface area contributed by atoms with Crippen LogP contribution in [0, 0.1) is 0 Å². The minimum absolute atomic E-state index is 0.0214. The molecule has 36 heavy (non-hydrogen) atoms. The summed E-state index contributed by atoms with van der Waals surface area (Å²) in [6.07, 6.45) is 0.646. The largest absolute Gasteiger partial charge is 0.497 e. The molecule has 0 bridgehead atoms. The number of halogens is 2. The first-order valence-electron chi connectivity index (χ1n) is 11.3. The monoisotopic (exact) mass is 520 g/mol. The molecule has 4 aromatic rings. The highest BCUT2D eigenvalue weighted by Crippen LogP contribution is 2.31. The van der Waals surface area contributed by atoms with E-state index in [4.69, 9.17) is 32.4 Å². The third-order valence-corrected chi connectivity index (χ3v) is 6.64. The normalized spacial score (nSPS) is 12.7. The second-order valence-corrected chi connectivity index (χ2v) is 9.26. The van der Waals surface area contributed by atoms with Gasteiger partial charge in [0.1, 0.15) is 17.3 Å². The van der Waals surface area contributed by atoms with Crippen molar-refractivity contribution < 1.29 is 18.7 Å². The Kier molecular flexibility index (Phi) is 6.72. The zero-order chi connectivity index (χ0) is 25.2. The highest BCUT2D eigenvalue weighted by Gasteiger charge is 2.25. The Morgan fingerprint density at radius 1 is 0.972 bits per heavy atom. The molecule has 0 aliphatic carbocycles. The van der Waals surface area contributed by atoms with Crippen LogP contribution in [0.1, 0.15) is 32.0 Å². The van der Waals surface area contributed by atoms with Gasteiger partial charge in [-0.2, -0.15) is 0 Å². The molecule has 1 aliphatic heterocycles. The number of hydrogen-bond donors (Lipinski definition) is 1. The van der Waals surface area contributed by atoms with E-state index in [1.54, 1.807) is 55.6 Å². The Morgan fingerprint density at radius 3 is 2.42 bits per heavy atom. The van der Waals surface area contributed by atoms with Gasteiger partial charge in [-0.05, 0) is 72.8 Å². The van der Waals surface area contributed by atoms with Crippen LogP contribution >= 0.6 is 23.2 Å². The van der Waals surface area contributed by atoms with Gasteiger partial charge < -0.3 is 19.4 Å². The van der Waals surface area contributed by atoms with Crippen LogP contribution in [0.2, 0.25) is 10.0 Å². The van der Waals surface area contributed by atoms with Crippen LogP contribution in [-0.2, 0) is 13.0 Å². The fourth-order valence-corrected chi connectivity index (χ4v) is 4.65. The summed E-state index contributed by atoms with van der Waals surface area (Å²) in [5.41, 5.74) is 3.47. The third-order valence-electron chi connectivity index (χ3n) is 6.09. The van der Waals surface area contributed by atoms with Gasteiger partial charge in [0, 0.05) is 46.9 Å². The SMILES string of the molecule is COc1ccc(C(=O)N2CCc3oc(-c4ccc(NC(=O)c5ccc(Cl)cc5Cl)cc4)cc3C2)cc1. The van der Waals surface area contributed by atoms with Crippen molar-refractivity contribution in [3.05, 3.63) is 105 Å². The van der Waals surface area contributed by atoms with E-state index in [1.807, 2.05) is 23.1 Å². The summed E-state index contributed by atoms with van der Waals surface area (Å²) in [5, 5.41) is 3.60. The Morgan fingerprint density at radius 2 is 1.72 bits per heavy atom. The van der Waals surface area contributed by atoms with Crippen molar-refractivity contribution in [3.63, 3.8) is 0 Å². The van der Waals surface area contributed by atoms with Crippen molar-refractivity contribution in [1.29, 1.82) is 0 Å². The van der Waals surface area contributed by atoms with E-state index in [1.165, 1.54) is 6.07 Å². The topological polar surface area (TPSA) is 71.8 Å². The van der Waals surface area contributed by atoms with Gasteiger partial charge in [0.05, 0.1) is 17.7 Å². The molecule has 1 aromatic heterocycles.